The van der Waals surface area contributed by atoms with E-state index in [1.54, 1.807) is 11.8 Å². The highest BCUT2D eigenvalue weighted by molar-refractivity contribution is 7.98. The summed E-state index contributed by atoms with van der Waals surface area (Å²) in [5, 5.41) is 1.21. The van der Waals surface area contributed by atoms with E-state index in [0.717, 1.165) is 55.9 Å². The summed E-state index contributed by atoms with van der Waals surface area (Å²) >= 11 is 1.75. The fraction of sp³-hybridized carbons (Fsp3) is 0.417. The van der Waals surface area contributed by atoms with Crippen molar-refractivity contribution in [2.75, 3.05) is 19.3 Å². The van der Waals surface area contributed by atoms with Crippen LogP contribution >= 0.6 is 11.8 Å². The number of fused-ring (bicyclic) bond motifs is 1. The van der Waals surface area contributed by atoms with Gasteiger partial charge >= 0.3 is 0 Å². The zero-order valence-electron chi connectivity index (χ0n) is 17.3. The Morgan fingerprint density at radius 1 is 1.10 bits per heavy atom. The van der Waals surface area contributed by atoms with Gasteiger partial charge in [0, 0.05) is 48.3 Å². The fourth-order valence-electron chi connectivity index (χ4n) is 4.33. The maximum absolute atomic E-state index is 12.4. The first-order valence-corrected chi connectivity index (χ1v) is 12.0. The highest BCUT2D eigenvalue weighted by Gasteiger charge is 2.32. The molecule has 0 radical (unpaired) electrons. The zero-order valence-corrected chi connectivity index (χ0v) is 18.1. The van der Waals surface area contributed by atoms with E-state index in [0.29, 0.717) is 5.91 Å². The number of piperidine rings is 1. The van der Waals surface area contributed by atoms with Crippen molar-refractivity contribution in [3.05, 3.63) is 48.8 Å². The Morgan fingerprint density at radius 3 is 2.60 bits per heavy atom. The van der Waals surface area contributed by atoms with E-state index in [4.69, 9.17) is 4.74 Å². The third-order valence-corrected chi connectivity index (χ3v) is 7.10. The summed E-state index contributed by atoms with van der Waals surface area (Å²) in [4.78, 5) is 20.3. The van der Waals surface area contributed by atoms with Crippen LogP contribution in [0.4, 0.5) is 0 Å². The smallest absolute Gasteiger partial charge is 0.225 e. The van der Waals surface area contributed by atoms with Crippen LogP contribution in [-0.4, -0.2) is 45.8 Å². The lowest BCUT2D eigenvalue weighted by atomic mass is 9.84. The molecule has 0 spiro atoms. The molecular weight excluding hydrogens is 394 g/mol. The van der Waals surface area contributed by atoms with Crippen LogP contribution in [-0.2, 0) is 4.79 Å². The van der Waals surface area contributed by atoms with Crippen molar-refractivity contribution < 1.29 is 9.53 Å². The second-order valence-electron chi connectivity index (χ2n) is 8.23. The Labute approximate surface area is 181 Å². The van der Waals surface area contributed by atoms with Crippen molar-refractivity contribution in [2.24, 2.45) is 5.92 Å². The maximum Gasteiger partial charge on any atom is 0.225 e. The minimum atomic E-state index is 0.153. The molecule has 1 aromatic carbocycles. The van der Waals surface area contributed by atoms with Crippen LogP contribution in [0.15, 0.2) is 53.7 Å². The highest BCUT2D eigenvalue weighted by atomic mass is 32.2. The normalized spacial score (nSPS) is 17.8. The second kappa shape index (κ2) is 8.34. The first-order valence-electron chi connectivity index (χ1n) is 10.8. The van der Waals surface area contributed by atoms with E-state index in [1.165, 1.54) is 16.7 Å². The minimum Gasteiger partial charge on any atom is -0.489 e. The minimum absolute atomic E-state index is 0.153. The SMILES string of the molecule is CSc1ccc2c(ccn2-c2ccc(OC3CCN(C(=O)C4CCC4)CC3)cn2)c1. The molecule has 5 rings (SSSR count). The fourth-order valence-corrected chi connectivity index (χ4v) is 4.78. The van der Waals surface area contributed by atoms with E-state index in [-0.39, 0.29) is 12.0 Å². The number of carbonyl (C=O) groups excluding carboxylic acids is 1. The Kier molecular flexibility index (Phi) is 5.42. The number of ether oxygens (including phenoxy) is 1. The van der Waals surface area contributed by atoms with Crippen LogP contribution in [0.5, 0.6) is 5.75 Å². The van der Waals surface area contributed by atoms with Crippen LogP contribution in [0.25, 0.3) is 16.7 Å². The predicted octanol–water partition coefficient (Wildman–Crippen LogP) is 4.92. The number of rotatable bonds is 5. The lowest BCUT2D eigenvalue weighted by Crippen LogP contribution is -2.45. The summed E-state index contributed by atoms with van der Waals surface area (Å²) in [5.41, 5.74) is 1.15. The summed E-state index contributed by atoms with van der Waals surface area (Å²) in [6, 6.07) is 12.6. The van der Waals surface area contributed by atoms with E-state index < -0.39 is 0 Å². The number of thioether (sulfide) groups is 1. The summed E-state index contributed by atoms with van der Waals surface area (Å²) < 4.78 is 8.27. The average Bonchev–Trinajstić information content (AvgIpc) is 3.16. The largest absolute Gasteiger partial charge is 0.489 e. The molecule has 3 aromatic rings. The number of hydrogen-bond acceptors (Lipinski definition) is 4. The van der Waals surface area contributed by atoms with Crippen molar-refractivity contribution in [1.29, 1.82) is 0 Å². The molecule has 2 aliphatic rings. The monoisotopic (exact) mass is 421 g/mol. The number of hydrogen-bond donors (Lipinski definition) is 0. The summed E-state index contributed by atoms with van der Waals surface area (Å²) in [6.45, 7) is 1.61. The van der Waals surface area contributed by atoms with Gasteiger partial charge in [-0.15, -0.1) is 11.8 Å². The molecule has 0 N–H and O–H groups in total. The van der Waals surface area contributed by atoms with E-state index in [9.17, 15) is 4.79 Å². The molecular formula is C24H27N3O2S. The molecule has 1 saturated heterocycles. The van der Waals surface area contributed by atoms with Crippen LogP contribution in [0.2, 0.25) is 0 Å². The first kappa shape index (κ1) is 19.5. The van der Waals surface area contributed by atoms with Gasteiger partial charge in [-0.25, -0.2) is 4.98 Å². The third kappa shape index (κ3) is 3.81. The summed E-state index contributed by atoms with van der Waals surface area (Å²) in [7, 11) is 0. The zero-order chi connectivity index (χ0) is 20.5. The number of carbonyl (C=O) groups is 1. The third-order valence-electron chi connectivity index (χ3n) is 6.38. The number of nitrogens with zero attached hydrogens (tertiary/aromatic N) is 3. The molecule has 2 aromatic heterocycles. The molecule has 5 nitrogen and oxygen atoms in total. The van der Waals surface area contributed by atoms with Gasteiger partial charge in [-0.05, 0) is 55.5 Å². The van der Waals surface area contributed by atoms with Crippen molar-refractivity contribution in [2.45, 2.75) is 43.1 Å². The summed E-state index contributed by atoms with van der Waals surface area (Å²) in [6.07, 6.45) is 11.2. The molecule has 0 bridgehead atoms. The second-order valence-corrected chi connectivity index (χ2v) is 9.11. The van der Waals surface area contributed by atoms with E-state index in [2.05, 4.69) is 46.3 Å². The number of aromatic nitrogens is 2. The van der Waals surface area contributed by atoms with Gasteiger partial charge in [-0.2, -0.15) is 0 Å². The lowest BCUT2D eigenvalue weighted by Gasteiger charge is -2.36. The number of amides is 1. The molecule has 6 heteroatoms. The van der Waals surface area contributed by atoms with Gasteiger partial charge in [0.2, 0.25) is 5.91 Å². The molecule has 2 fully saturated rings. The number of pyridine rings is 1. The Balaban J connectivity index is 1.21. The molecule has 1 aliphatic carbocycles. The predicted molar refractivity (Wildman–Crippen MR) is 120 cm³/mol. The molecule has 0 atom stereocenters. The molecule has 0 unspecified atom stereocenters. The number of likely N-dealkylation sites (tertiary alicyclic amines) is 1. The van der Waals surface area contributed by atoms with E-state index in [1.807, 2.05) is 23.2 Å². The van der Waals surface area contributed by atoms with Gasteiger partial charge in [-0.3, -0.25) is 4.79 Å². The molecule has 3 heterocycles. The van der Waals surface area contributed by atoms with Gasteiger partial charge in [0.15, 0.2) is 0 Å². The molecule has 1 saturated carbocycles. The van der Waals surface area contributed by atoms with Crippen molar-refractivity contribution in [3.8, 4) is 11.6 Å². The van der Waals surface area contributed by atoms with Crippen LogP contribution in [0.1, 0.15) is 32.1 Å². The highest BCUT2D eigenvalue weighted by Crippen LogP contribution is 2.30. The molecule has 156 valence electrons. The van der Waals surface area contributed by atoms with Gasteiger partial charge in [0.1, 0.15) is 17.7 Å². The van der Waals surface area contributed by atoms with Crippen molar-refractivity contribution in [1.82, 2.24) is 14.5 Å². The Hall–Kier alpha value is -2.47. The standard InChI is InChI=1S/C24H27N3O2S/c1-30-21-6-7-22-18(15-21)9-14-27(22)23-8-5-20(16-25-23)29-19-10-12-26(13-11-19)24(28)17-3-2-4-17/h5-9,14-17,19H,2-4,10-13H2,1H3. The Bertz CT molecular complexity index is 1030. The van der Waals surface area contributed by atoms with Gasteiger partial charge in [0.25, 0.3) is 0 Å². The van der Waals surface area contributed by atoms with Gasteiger partial charge in [-0.1, -0.05) is 6.42 Å². The van der Waals surface area contributed by atoms with Crippen LogP contribution in [0.3, 0.4) is 0 Å². The molecule has 1 amide bonds. The summed E-state index contributed by atoms with van der Waals surface area (Å²) in [5.74, 6) is 2.32. The Morgan fingerprint density at radius 2 is 1.93 bits per heavy atom. The van der Waals surface area contributed by atoms with Crippen LogP contribution < -0.4 is 4.74 Å². The molecule has 30 heavy (non-hydrogen) atoms. The topological polar surface area (TPSA) is 47.4 Å². The quantitative estimate of drug-likeness (QED) is 0.549. The lowest BCUT2D eigenvalue weighted by molar-refractivity contribution is -0.140. The van der Waals surface area contributed by atoms with Gasteiger partial charge in [0.05, 0.1) is 11.7 Å². The van der Waals surface area contributed by atoms with E-state index >= 15 is 0 Å². The van der Waals surface area contributed by atoms with Crippen molar-refractivity contribution in [3.63, 3.8) is 0 Å². The number of benzene rings is 1. The van der Waals surface area contributed by atoms with Crippen LogP contribution in [0, 0.1) is 5.92 Å². The molecule has 1 aliphatic heterocycles. The van der Waals surface area contributed by atoms with Gasteiger partial charge < -0.3 is 14.2 Å². The maximum atomic E-state index is 12.4. The average molecular weight is 422 g/mol. The first-order chi connectivity index (χ1) is 14.7. The van der Waals surface area contributed by atoms with Crippen molar-refractivity contribution >= 4 is 28.6 Å².